The summed E-state index contributed by atoms with van der Waals surface area (Å²) in [5, 5.41) is 18.5. The molecule has 1 atom stereocenters. The van der Waals surface area contributed by atoms with E-state index in [2.05, 4.69) is 0 Å². The van der Waals surface area contributed by atoms with Crippen LogP contribution in [0.3, 0.4) is 0 Å². The van der Waals surface area contributed by atoms with Crippen molar-refractivity contribution in [2.75, 3.05) is 0 Å². The number of phenols is 1. The number of carboxylic acids is 1. The van der Waals surface area contributed by atoms with Gasteiger partial charge >= 0.3 is 5.97 Å². The molecular weight excluding hydrogens is 254 g/mol. The van der Waals surface area contributed by atoms with Crippen molar-refractivity contribution < 1.29 is 23.8 Å². The van der Waals surface area contributed by atoms with Crippen molar-refractivity contribution >= 4 is 5.97 Å². The summed E-state index contributed by atoms with van der Waals surface area (Å²) in [5.41, 5.74) is 0.547. The highest BCUT2D eigenvalue weighted by atomic mass is 19.3. The molecule has 2 N–H and O–H groups in total. The number of benzene rings is 1. The third-order valence-corrected chi connectivity index (χ3v) is 3.60. The Morgan fingerprint density at radius 2 is 2.05 bits per heavy atom. The van der Waals surface area contributed by atoms with E-state index in [9.17, 15) is 18.7 Å². The molecule has 1 unspecified atom stereocenters. The Hall–Kier alpha value is -1.65. The van der Waals surface area contributed by atoms with Gasteiger partial charge in [0.15, 0.2) is 0 Å². The van der Waals surface area contributed by atoms with Crippen molar-refractivity contribution in [1.82, 2.24) is 0 Å². The third kappa shape index (κ3) is 3.03. The summed E-state index contributed by atoms with van der Waals surface area (Å²) < 4.78 is 25.7. The van der Waals surface area contributed by atoms with Gasteiger partial charge in [0.1, 0.15) is 5.75 Å². The fraction of sp³-hybridized carbons (Fsp3) is 0.500. The number of hydrogen-bond donors (Lipinski definition) is 2. The molecule has 0 spiro atoms. The van der Waals surface area contributed by atoms with Gasteiger partial charge in [-0.15, -0.1) is 0 Å². The second kappa shape index (κ2) is 5.15. The molecule has 1 aliphatic carbocycles. The highest BCUT2D eigenvalue weighted by molar-refractivity contribution is 5.68. The predicted octanol–water partition coefficient (Wildman–Crippen LogP) is 3.61. The highest BCUT2D eigenvalue weighted by Crippen LogP contribution is 2.46. The first-order valence-electron chi connectivity index (χ1n) is 6.23. The molecule has 19 heavy (non-hydrogen) atoms. The summed E-state index contributed by atoms with van der Waals surface area (Å²) in [5.74, 6) is -1.32. The van der Waals surface area contributed by atoms with Crippen LogP contribution in [-0.2, 0) is 4.79 Å². The van der Waals surface area contributed by atoms with Crippen molar-refractivity contribution in [2.24, 2.45) is 5.92 Å². The number of carboxylic acid groups (broad SMARTS) is 1. The van der Waals surface area contributed by atoms with E-state index in [-0.39, 0.29) is 18.3 Å². The molecule has 0 heterocycles. The molecule has 0 bridgehead atoms. The molecule has 2 rings (SSSR count). The van der Waals surface area contributed by atoms with Crippen LogP contribution in [0.5, 0.6) is 5.75 Å². The van der Waals surface area contributed by atoms with E-state index in [0.717, 1.165) is 12.8 Å². The fourth-order valence-electron chi connectivity index (χ4n) is 2.46. The van der Waals surface area contributed by atoms with E-state index >= 15 is 0 Å². The minimum Gasteiger partial charge on any atom is -0.507 e. The minimum absolute atomic E-state index is 0.0580. The average molecular weight is 270 g/mol. The van der Waals surface area contributed by atoms with Crippen molar-refractivity contribution in [2.45, 2.75) is 38.5 Å². The van der Waals surface area contributed by atoms with Gasteiger partial charge < -0.3 is 10.2 Å². The molecule has 1 aromatic carbocycles. The zero-order valence-electron chi connectivity index (χ0n) is 10.6. The first-order valence-corrected chi connectivity index (χ1v) is 6.23. The molecule has 1 fully saturated rings. The maximum absolute atomic E-state index is 12.9. The Balaban J connectivity index is 2.39. The molecule has 3 nitrogen and oxygen atoms in total. The van der Waals surface area contributed by atoms with Gasteiger partial charge in [-0.05, 0) is 48.8 Å². The van der Waals surface area contributed by atoms with E-state index in [1.54, 1.807) is 13.0 Å². The highest BCUT2D eigenvalue weighted by Gasteiger charge is 2.34. The van der Waals surface area contributed by atoms with Crippen LogP contribution in [0.25, 0.3) is 0 Å². The zero-order chi connectivity index (χ0) is 14.2. The number of alkyl halides is 2. The van der Waals surface area contributed by atoms with E-state index < -0.39 is 23.7 Å². The first kappa shape index (κ1) is 13.8. The third-order valence-electron chi connectivity index (χ3n) is 3.60. The fourth-order valence-corrected chi connectivity index (χ4v) is 2.46. The lowest BCUT2D eigenvalue weighted by atomic mass is 9.88. The van der Waals surface area contributed by atoms with Crippen LogP contribution < -0.4 is 0 Å². The zero-order valence-corrected chi connectivity index (χ0v) is 10.6. The molecule has 0 saturated heterocycles. The van der Waals surface area contributed by atoms with Gasteiger partial charge in [0, 0.05) is 0 Å². The number of aryl methyl sites for hydroxylation is 1. The molecule has 1 saturated carbocycles. The molecular formula is C14H16F2O3. The summed E-state index contributed by atoms with van der Waals surface area (Å²) in [4.78, 5) is 10.9. The van der Waals surface area contributed by atoms with Crippen LogP contribution in [0.1, 0.15) is 48.3 Å². The Kier molecular flexibility index (Phi) is 3.73. The molecule has 1 aliphatic rings. The van der Waals surface area contributed by atoms with Gasteiger partial charge in [0.05, 0.1) is 12.0 Å². The molecule has 0 aliphatic heterocycles. The summed E-state index contributed by atoms with van der Waals surface area (Å²) in [6.45, 7) is 1.55. The lowest BCUT2D eigenvalue weighted by Gasteiger charge is -2.17. The Morgan fingerprint density at radius 1 is 1.42 bits per heavy atom. The van der Waals surface area contributed by atoms with Crippen LogP contribution in [-0.4, -0.2) is 16.2 Å². The Morgan fingerprint density at radius 3 is 2.53 bits per heavy atom. The molecule has 0 aromatic heterocycles. The van der Waals surface area contributed by atoms with E-state index in [1.807, 2.05) is 0 Å². The summed E-state index contributed by atoms with van der Waals surface area (Å²) >= 11 is 0. The van der Waals surface area contributed by atoms with Gasteiger partial charge in [-0.2, -0.15) is 0 Å². The van der Waals surface area contributed by atoms with Gasteiger partial charge in [0.25, 0.3) is 6.43 Å². The second-order valence-electron chi connectivity index (χ2n) is 5.12. The van der Waals surface area contributed by atoms with Crippen molar-refractivity contribution in [3.05, 3.63) is 28.8 Å². The van der Waals surface area contributed by atoms with E-state index in [4.69, 9.17) is 5.11 Å². The van der Waals surface area contributed by atoms with Crippen LogP contribution in [0.2, 0.25) is 0 Å². The average Bonchev–Trinajstić information content (AvgIpc) is 3.13. The topological polar surface area (TPSA) is 57.5 Å². The number of rotatable bonds is 5. The maximum Gasteiger partial charge on any atom is 0.303 e. The number of phenolic OH excluding ortho intramolecular Hbond substituents is 1. The molecule has 0 amide bonds. The number of carbonyl (C=O) groups is 1. The van der Waals surface area contributed by atoms with Crippen LogP contribution >= 0.6 is 0 Å². The Bertz CT molecular complexity index is 496. The summed E-state index contributed by atoms with van der Waals surface area (Å²) in [6.07, 6.45) is -0.954. The number of hydrogen-bond acceptors (Lipinski definition) is 2. The smallest absolute Gasteiger partial charge is 0.303 e. The van der Waals surface area contributed by atoms with Gasteiger partial charge in [-0.3, -0.25) is 4.79 Å². The Labute approximate surface area is 109 Å². The van der Waals surface area contributed by atoms with Crippen molar-refractivity contribution in [3.8, 4) is 5.75 Å². The van der Waals surface area contributed by atoms with E-state index in [0.29, 0.717) is 11.1 Å². The maximum atomic E-state index is 12.9. The second-order valence-corrected chi connectivity index (χ2v) is 5.12. The van der Waals surface area contributed by atoms with Crippen LogP contribution in [0, 0.1) is 12.8 Å². The minimum atomic E-state index is -2.76. The largest absolute Gasteiger partial charge is 0.507 e. The van der Waals surface area contributed by atoms with E-state index in [1.165, 1.54) is 6.07 Å². The number of halogens is 2. The molecule has 1 aromatic rings. The van der Waals surface area contributed by atoms with Crippen LogP contribution in [0.15, 0.2) is 12.1 Å². The normalized spacial score (nSPS) is 16.6. The summed E-state index contributed by atoms with van der Waals surface area (Å²) in [6, 6.07) is 2.87. The predicted molar refractivity (Wildman–Crippen MR) is 65.5 cm³/mol. The molecule has 104 valence electrons. The van der Waals surface area contributed by atoms with Crippen molar-refractivity contribution in [1.29, 1.82) is 0 Å². The number of aromatic hydroxyl groups is 1. The van der Waals surface area contributed by atoms with Crippen LogP contribution in [0.4, 0.5) is 8.78 Å². The lowest BCUT2D eigenvalue weighted by Crippen LogP contribution is -2.09. The molecule has 5 heteroatoms. The monoisotopic (exact) mass is 270 g/mol. The van der Waals surface area contributed by atoms with Gasteiger partial charge in [-0.1, -0.05) is 6.07 Å². The van der Waals surface area contributed by atoms with Gasteiger partial charge in [0.2, 0.25) is 0 Å². The molecule has 0 radical (unpaired) electrons. The van der Waals surface area contributed by atoms with Crippen molar-refractivity contribution in [3.63, 3.8) is 0 Å². The summed E-state index contributed by atoms with van der Waals surface area (Å²) in [7, 11) is 0. The van der Waals surface area contributed by atoms with Gasteiger partial charge in [-0.25, -0.2) is 8.78 Å². The standard InChI is InChI=1S/C14H16F2O3/c1-7-4-9(5-11(13(7)19)14(15)16)10(6-12(17)18)8-2-3-8/h4-5,8,10,14,19H,2-3,6H2,1H3,(H,17,18). The number of aliphatic carboxylic acids is 1. The first-order chi connectivity index (χ1) is 8.90. The SMILES string of the molecule is Cc1cc(C(CC(=O)O)C2CC2)cc(C(F)F)c1O. The lowest BCUT2D eigenvalue weighted by molar-refractivity contribution is -0.137. The quantitative estimate of drug-likeness (QED) is 0.859.